The minimum absolute atomic E-state index is 0.0452. The van der Waals surface area contributed by atoms with Gasteiger partial charge in [-0.25, -0.2) is 0 Å². The first kappa shape index (κ1) is 13.5. The van der Waals surface area contributed by atoms with Crippen LogP contribution in [0.2, 0.25) is 0 Å². The summed E-state index contributed by atoms with van der Waals surface area (Å²) in [5.74, 6) is 0.229. The average molecular weight is 282 g/mol. The molecule has 0 saturated heterocycles. The van der Waals surface area contributed by atoms with Gasteiger partial charge in [0.05, 0.1) is 13.2 Å². The van der Waals surface area contributed by atoms with E-state index in [0.717, 1.165) is 5.57 Å². The maximum Gasteiger partial charge on any atom is 0.372 e. The normalized spacial score (nSPS) is 10.8. The molecule has 0 aliphatic heterocycles. The summed E-state index contributed by atoms with van der Waals surface area (Å²) in [4.78, 5) is 15.4. The van der Waals surface area contributed by atoms with Crippen LogP contribution in [0.1, 0.15) is 6.92 Å². The Kier molecular flexibility index (Phi) is 4.13. The minimum atomic E-state index is -0.441. The Morgan fingerprint density at radius 3 is 3.21 bits per heavy atom. The van der Waals surface area contributed by atoms with Gasteiger partial charge in [0.1, 0.15) is 6.20 Å². The van der Waals surface area contributed by atoms with Crippen molar-refractivity contribution in [3.63, 3.8) is 0 Å². The van der Waals surface area contributed by atoms with E-state index in [4.69, 9.17) is 4.74 Å². The van der Waals surface area contributed by atoms with Crippen LogP contribution >= 0.6 is 11.3 Å². The summed E-state index contributed by atoms with van der Waals surface area (Å²) in [7, 11) is 0. The molecule has 19 heavy (non-hydrogen) atoms. The SMILES string of the molecule is C=C(C)COCCNc1nc2sccn2c1[N+](=O)[O-]. The zero-order valence-corrected chi connectivity index (χ0v) is 11.3. The molecule has 2 aromatic heterocycles. The topological polar surface area (TPSA) is 81.7 Å². The van der Waals surface area contributed by atoms with Crippen molar-refractivity contribution in [2.45, 2.75) is 6.92 Å². The van der Waals surface area contributed by atoms with E-state index < -0.39 is 4.92 Å². The molecule has 102 valence electrons. The quantitative estimate of drug-likeness (QED) is 0.365. The second-order valence-corrected chi connectivity index (χ2v) is 4.91. The van der Waals surface area contributed by atoms with Gasteiger partial charge in [0, 0.05) is 11.9 Å². The molecule has 0 bridgehead atoms. The number of rotatable bonds is 7. The van der Waals surface area contributed by atoms with Gasteiger partial charge < -0.3 is 20.2 Å². The molecule has 2 rings (SSSR count). The van der Waals surface area contributed by atoms with Crippen LogP contribution in [0, 0.1) is 10.1 Å². The third-order valence-electron chi connectivity index (χ3n) is 2.30. The Morgan fingerprint density at radius 2 is 2.53 bits per heavy atom. The average Bonchev–Trinajstić information content (AvgIpc) is 2.86. The van der Waals surface area contributed by atoms with Crippen LogP contribution in [-0.4, -0.2) is 34.1 Å². The number of hydrogen-bond acceptors (Lipinski definition) is 6. The van der Waals surface area contributed by atoms with Crippen LogP contribution in [0.15, 0.2) is 23.7 Å². The number of nitro groups is 1. The fraction of sp³-hybridized carbons (Fsp3) is 0.364. The van der Waals surface area contributed by atoms with Gasteiger partial charge in [-0.1, -0.05) is 23.5 Å². The number of hydrogen-bond donors (Lipinski definition) is 1. The molecule has 0 aromatic carbocycles. The number of thiazole rings is 1. The van der Waals surface area contributed by atoms with E-state index >= 15 is 0 Å². The molecule has 0 spiro atoms. The number of ether oxygens (including phenoxy) is 1. The molecular formula is C11H14N4O3S. The van der Waals surface area contributed by atoms with Gasteiger partial charge in [-0.05, 0) is 11.8 Å². The van der Waals surface area contributed by atoms with Gasteiger partial charge in [0.25, 0.3) is 4.96 Å². The van der Waals surface area contributed by atoms with Crippen molar-refractivity contribution in [2.75, 3.05) is 25.1 Å². The molecule has 2 aromatic rings. The second kappa shape index (κ2) is 5.81. The van der Waals surface area contributed by atoms with E-state index in [2.05, 4.69) is 16.9 Å². The zero-order chi connectivity index (χ0) is 13.8. The summed E-state index contributed by atoms with van der Waals surface area (Å²) in [6.07, 6.45) is 1.63. The monoisotopic (exact) mass is 282 g/mol. The summed E-state index contributed by atoms with van der Waals surface area (Å²) in [5, 5.41) is 15.7. The van der Waals surface area contributed by atoms with Crippen LogP contribution in [0.25, 0.3) is 4.96 Å². The first-order valence-corrected chi connectivity index (χ1v) is 6.53. The lowest BCUT2D eigenvalue weighted by Crippen LogP contribution is -2.11. The highest BCUT2D eigenvalue weighted by molar-refractivity contribution is 7.15. The first-order chi connectivity index (χ1) is 9.09. The van der Waals surface area contributed by atoms with Crippen LogP contribution < -0.4 is 5.32 Å². The van der Waals surface area contributed by atoms with E-state index in [9.17, 15) is 10.1 Å². The molecule has 0 unspecified atom stereocenters. The number of imidazole rings is 1. The summed E-state index contributed by atoms with van der Waals surface area (Å²) in [5.41, 5.74) is 0.938. The van der Waals surface area contributed by atoms with E-state index in [1.807, 2.05) is 6.92 Å². The van der Waals surface area contributed by atoms with Crippen molar-refractivity contribution < 1.29 is 9.66 Å². The summed E-state index contributed by atoms with van der Waals surface area (Å²) in [6, 6.07) is 0. The second-order valence-electron chi connectivity index (χ2n) is 4.03. The Bertz CT molecular complexity index is 604. The van der Waals surface area contributed by atoms with E-state index in [1.165, 1.54) is 15.7 Å². The minimum Gasteiger partial charge on any atom is -0.375 e. The van der Waals surface area contributed by atoms with Gasteiger partial charge >= 0.3 is 5.82 Å². The van der Waals surface area contributed by atoms with Crippen molar-refractivity contribution in [1.29, 1.82) is 0 Å². The molecular weight excluding hydrogens is 268 g/mol. The number of nitrogens with zero attached hydrogens (tertiary/aromatic N) is 3. The Labute approximate surface area is 113 Å². The predicted octanol–water partition coefficient (Wildman–Crippen LogP) is 2.31. The summed E-state index contributed by atoms with van der Waals surface area (Å²) in [6.45, 7) is 6.98. The number of fused-ring (bicyclic) bond motifs is 1. The fourth-order valence-corrected chi connectivity index (χ4v) is 2.26. The molecule has 0 fully saturated rings. The maximum atomic E-state index is 11.0. The first-order valence-electron chi connectivity index (χ1n) is 5.65. The van der Waals surface area contributed by atoms with Gasteiger partial charge in [-0.2, -0.15) is 9.38 Å². The smallest absolute Gasteiger partial charge is 0.372 e. The highest BCUT2D eigenvalue weighted by Gasteiger charge is 2.22. The lowest BCUT2D eigenvalue weighted by molar-refractivity contribution is -0.389. The third-order valence-corrected chi connectivity index (χ3v) is 3.05. The molecule has 2 heterocycles. The number of aromatic nitrogens is 2. The van der Waals surface area contributed by atoms with Crippen molar-refractivity contribution in [3.8, 4) is 0 Å². The van der Waals surface area contributed by atoms with Gasteiger partial charge in [-0.15, -0.1) is 0 Å². The predicted molar refractivity (Wildman–Crippen MR) is 73.8 cm³/mol. The molecule has 0 aliphatic carbocycles. The van der Waals surface area contributed by atoms with Crippen molar-refractivity contribution in [1.82, 2.24) is 9.38 Å². The van der Waals surface area contributed by atoms with E-state index in [0.29, 0.717) is 24.7 Å². The van der Waals surface area contributed by atoms with Gasteiger partial charge in [0.2, 0.25) is 5.82 Å². The molecule has 0 aliphatic rings. The lowest BCUT2D eigenvalue weighted by Gasteiger charge is -2.04. The fourth-order valence-electron chi connectivity index (χ4n) is 1.55. The summed E-state index contributed by atoms with van der Waals surface area (Å²) < 4.78 is 6.77. The molecule has 0 saturated carbocycles. The van der Waals surface area contributed by atoms with Crippen molar-refractivity contribution in [3.05, 3.63) is 33.8 Å². The van der Waals surface area contributed by atoms with Crippen LogP contribution in [0.3, 0.4) is 0 Å². The Balaban J connectivity index is 2.00. The van der Waals surface area contributed by atoms with Crippen molar-refractivity contribution in [2.24, 2.45) is 0 Å². The Hall–Kier alpha value is -1.93. The summed E-state index contributed by atoms with van der Waals surface area (Å²) >= 11 is 1.35. The van der Waals surface area contributed by atoms with E-state index in [-0.39, 0.29) is 11.6 Å². The lowest BCUT2D eigenvalue weighted by atomic mass is 10.4. The number of nitrogens with one attached hydrogen (secondary N) is 1. The Morgan fingerprint density at radius 1 is 1.74 bits per heavy atom. The molecule has 0 radical (unpaired) electrons. The van der Waals surface area contributed by atoms with Gasteiger partial charge in [0.15, 0.2) is 0 Å². The highest BCUT2D eigenvalue weighted by Crippen LogP contribution is 2.27. The van der Waals surface area contributed by atoms with Crippen LogP contribution in [0.5, 0.6) is 0 Å². The number of anilines is 1. The molecule has 7 nitrogen and oxygen atoms in total. The molecule has 0 atom stereocenters. The largest absolute Gasteiger partial charge is 0.375 e. The standard InChI is InChI=1S/C11H14N4O3S/c1-8(2)7-18-5-3-12-9-10(15(16)17)14-4-6-19-11(14)13-9/h4,6,12H,1,3,5,7H2,2H3. The maximum absolute atomic E-state index is 11.0. The van der Waals surface area contributed by atoms with Crippen molar-refractivity contribution >= 4 is 27.9 Å². The van der Waals surface area contributed by atoms with Gasteiger partial charge in [-0.3, -0.25) is 0 Å². The third kappa shape index (κ3) is 3.09. The van der Waals surface area contributed by atoms with E-state index in [1.54, 1.807) is 11.6 Å². The molecule has 1 N–H and O–H groups in total. The molecule has 8 heteroatoms. The molecule has 0 amide bonds. The highest BCUT2D eigenvalue weighted by atomic mass is 32.1. The van der Waals surface area contributed by atoms with Crippen LogP contribution in [-0.2, 0) is 4.74 Å². The zero-order valence-electron chi connectivity index (χ0n) is 10.5. The van der Waals surface area contributed by atoms with Crippen LogP contribution in [0.4, 0.5) is 11.6 Å².